The molecule has 1 aliphatic rings. The third kappa shape index (κ3) is 4.93. The molecule has 1 amide bonds. The second-order valence-electron chi connectivity index (χ2n) is 10.4. The van der Waals surface area contributed by atoms with Gasteiger partial charge in [-0.25, -0.2) is 9.18 Å². The van der Waals surface area contributed by atoms with Crippen LogP contribution >= 0.6 is 11.3 Å². The number of benzene rings is 2. The quantitative estimate of drug-likeness (QED) is 0.330. The van der Waals surface area contributed by atoms with Crippen molar-refractivity contribution in [1.29, 1.82) is 0 Å². The van der Waals surface area contributed by atoms with Crippen molar-refractivity contribution in [3.8, 4) is 5.69 Å². The second kappa shape index (κ2) is 9.72. The van der Waals surface area contributed by atoms with Crippen LogP contribution in [0.2, 0.25) is 0 Å². The van der Waals surface area contributed by atoms with E-state index >= 15 is 0 Å². The Hall–Kier alpha value is -3.98. The van der Waals surface area contributed by atoms with Crippen LogP contribution in [0.25, 0.3) is 15.9 Å². The molecular formula is C29H28FN3O4S. The summed E-state index contributed by atoms with van der Waals surface area (Å²) in [5.74, 6) is -0.659. The number of nitrogens with one attached hydrogen (secondary N) is 1. The molecule has 1 aliphatic heterocycles. The van der Waals surface area contributed by atoms with Gasteiger partial charge in [-0.15, -0.1) is 0 Å². The zero-order chi connectivity index (χ0) is 27.2. The summed E-state index contributed by atoms with van der Waals surface area (Å²) in [7, 11) is 0. The summed E-state index contributed by atoms with van der Waals surface area (Å²) >= 11 is 1.31. The number of halogens is 1. The van der Waals surface area contributed by atoms with E-state index in [-0.39, 0.29) is 29.3 Å². The molecule has 0 bridgehead atoms. The first-order valence-corrected chi connectivity index (χ1v) is 13.1. The number of likely N-dealkylation sites (tertiary alicyclic amines) is 1. The monoisotopic (exact) mass is 533 g/mol. The maximum Gasteiger partial charge on any atom is 0.410 e. The molecule has 0 saturated carbocycles. The lowest BCUT2D eigenvalue weighted by atomic mass is 10.00. The molecule has 5 rings (SSSR count). The van der Waals surface area contributed by atoms with E-state index in [1.807, 2.05) is 51.1 Å². The number of ether oxygens (including phenoxy) is 1. The van der Waals surface area contributed by atoms with Gasteiger partial charge in [0.25, 0.3) is 5.56 Å². The highest BCUT2D eigenvalue weighted by atomic mass is 32.1. The van der Waals surface area contributed by atoms with Crippen LogP contribution in [0.3, 0.4) is 0 Å². The van der Waals surface area contributed by atoms with Crippen LogP contribution in [0, 0.1) is 12.7 Å². The van der Waals surface area contributed by atoms with Gasteiger partial charge in [0.15, 0.2) is 5.78 Å². The van der Waals surface area contributed by atoms with Gasteiger partial charge in [0, 0.05) is 30.1 Å². The Morgan fingerprint density at radius 3 is 2.42 bits per heavy atom. The first-order valence-electron chi connectivity index (χ1n) is 12.3. The molecular weight excluding hydrogens is 505 g/mol. The smallest absolute Gasteiger partial charge is 0.410 e. The third-order valence-corrected chi connectivity index (χ3v) is 7.39. The highest BCUT2D eigenvalue weighted by molar-refractivity contribution is 7.23. The summed E-state index contributed by atoms with van der Waals surface area (Å²) in [5.41, 5.74) is 1.03. The van der Waals surface area contributed by atoms with E-state index in [2.05, 4.69) is 5.32 Å². The van der Waals surface area contributed by atoms with Crippen molar-refractivity contribution >= 4 is 38.4 Å². The third-order valence-electron chi connectivity index (χ3n) is 6.27. The topological polar surface area (TPSA) is 80.6 Å². The van der Waals surface area contributed by atoms with Crippen molar-refractivity contribution in [3.63, 3.8) is 0 Å². The normalized spacial score (nSPS) is 13.9. The average Bonchev–Trinajstić information content (AvgIpc) is 3.19. The number of hydrogen-bond acceptors (Lipinski definition) is 6. The fourth-order valence-corrected chi connectivity index (χ4v) is 5.68. The number of nitrogens with zero attached hydrogens (tertiary/aromatic N) is 2. The number of ketones is 1. The number of anilines is 1. The Labute approximate surface area is 223 Å². The minimum absolute atomic E-state index is 0.103. The molecule has 1 saturated heterocycles. The van der Waals surface area contributed by atoms with Crippen LogP contribution < -0.4 is 10.9 Å². The van der Waals surface area contributed by atoms with Crippen LogP contribution in [-0.4, -0.2) is 46.1 Å². The van der Waals surface area contributed by atoms with Gasteiger partial charge in [-0.3, -0.25) is 14.2 Å². The molecule has 0 aliphatic carbocycles. The maximum absolute atomic E-state index is 14.0. The van der Waals surface area contributed by atoms with E-state index in [0.717, 1.165) is 0 Å². The molecule has 2 aromatic heterocycles. The zero-order valence-electron chi connectivity index (χ0n) is 21.6. The number of aromatic nitrogens is 1. The molecule has 9 heteroatoms. The van der Waals surface area contributed by atoms with Crippen LogP contribution in [0.1, 0.15) is 42.3 Å². The molecule has 2 aromatic carbocycles. The largest absolute Gasteiger partial charge is 0.444 e. The van der Waals surface area contributed by atoms with Crippen LogP contribution in [0.5, 0.6) is 0 Å². The second-order valence-corrected chi connectivity index (χ2v) is 11.4. The molecule has 4 aromatic rings. The van der Waals surface area contributed by atoms with E-state index in [1.165, 1.54) is 35.6 Å². The molecule has 38 heavy (non-hydrogen) atoms. The molecule has 1 N–H and O–H groups in total. The van der Waals surface area contributed by atoms with E-state index < -0.39 is 5.60 Å². The number of aryl methyl sites for hydroxylation is 1. The Morgan fingerprint density at radius 2 is 1.76 bits per heavy atom. The van der Waals surface area contributed by atoms with Gasteiger partial charge in [-0.2, -0.15) is 0 Å². The number of hydrogen-bond donors (Lipinski definition) is 1. The predicted molar refractivity (Wildman–Crippen MR) is 147 cm³/mol. The number of rotatable bonds is 5. The summed E-state index contributed by atoms with van der Waals surface area (Å²) in [5, 5.41) is 4.63. The number of carbonyl (C=O) groups is 2. The van der Waals surface area contributed by atoms with Gasteiger partial charge in [0.05, 0.1) is 17.3 Å². The van der Waals surface area contributed by atoms with Crippen molar-refractivity contribution in [1.82, 2.24) is 9.47 Å². The maximum atomic E-state index is 14.0. The van der Waals surface area contributed by atoms with Gasteiger partial charge < -0.3 is 15.0 Å². The Bertz CT molecular complexity index is 1600. The lowest BCUT2D eigenvalue weighted by Gasteiger charge is -2.40. The van der Waals surface area contributed by atoms with Crippen LogP contribution in [0.15, 0.2) is 65.5 Å². The fourth-order valence-electron chi connectivity index (χ4n) is 4.39. The van der Waals surface area contributed by atoms with Crippen molar-refractivity contribution in [2.45, 2.75) is 39.3 Å². The molecule has 7 nitrogen and oxygen atoms in total. The van der Waals surface area contributed by atoms with E-state index in [0.29, 0.717) is 50.7 Å². The van der Waals surface area contributed by atoms with E-state index in [1.54, 1.807) is 22.5 Å². The Kier molecular flexibility index (Phi) is 6.56. The Morgan fingerprint density at radius 1 is 1.05 bits per heavy atom. The zero-order valence-corrected chi connectivity index (χ0v) is 22.4. The van der Waals surface area contributed by atoms with Gasteiger partial charge in [0.2, 0.25) is 0 Å². The molecule has 1 fully saturated rings. The van der Waals surface area contributed by atoms with Gasteiger partial charge in [-0.05, 0) is 69.7 Å². The fraction of sp³-hybridized carbons (Fsp3) is 0.276. The first-order chi connectivity index (χ1) is 18.0. The average molecular weight is 534 g/mol. The number of amides is 1. The van der Waals surface area contributed by atoms with Crippen molar-refractivity contribution in [2.24, 2.45) is 0 Å². The van der Waals surface area contributed by atoms with E-state index in [9.17, 15) is 18.8 Å². The number of carbonyl (C=O) groups excluding carboxylic acids is 2. The highest BCUT2D eigenvalue weighted by Gasteiger charge is 2.35. The van der Waals surface area contributed by atoms with Crippen molar-refractivity contribution < 1.29 is 18.7 Å². The van der Waals surface area contributed by atoms with Gasteiger partial charge >= 0.3 is 6.09 Å². The summed E-state index contributed by atoms with van der Waals surface area (Å²) < 4.78 is 21.0. The molecule has 196 valence electrons. The number of para-hydroxylation sites is 1. The Balaban J connectivity index is 1.55. The van der Waals surface area contributed by atoms with Gasteiger partial charge in [-0.1, -0.05) is 29.5 Å². The van der Waals surface area contributed by atoms with Gasteiger partial charge in [0.1, 0.15) is 21.2 Å². The molecule has 0 radical (unpaired) electrons. The lowest BCUT2D eigenvalue weighted by molar-refractivity contribution is 0.0105. The summed E-state index contributed by atoms with van der Waals surface area (Å²) in [4.78, 5) is 41.4. The minimum atomic E-state index is -0.588. The van der Waals surface area contributed by atoms with Crippen LogP contribution in [0.4, 0.5) is 14.2 Å². The SMILES string of the molecule is Cc1cc(C(=O)c2c(NC3CN(C(=O)OC(C)(C)C)C3)sc3c2ccc(=O)n3-c2ccccc2)ccc1F. The lowest BCUT2D eigenvalue weighted by Crippen LogP contribution is -2.57. The minimum Gasteiger partial charge on any atom is -0.444 e. The number of thiophene rings is 1. The summed E-state index contributed by atoms with van der Waals surface area (Å²) in [6.07, 6.45) is -0.386. The van der Waals surface area contributed by atoms with Crippen molar-refractivity contribution in [3.05, 3.63) is 93.5 Å². The first kappa shape index (κ1) is 25.7. The molecule has 0 unspecified atom stereocenters. The predicted octanol–water partition coefficient (Wildman–Crippen LogP) is 5.76. The van der Waals surface area contributed by atoms with Crippen molar-refractivity contribution in [2.75, 3.05) is 18.4 Å². The molecule has 0 atom stereocenters. The standard InChI is InChI=1S/C29H28FN3O4S/c1-17-14-18(10-12-22(17)30)25(35)24-21-11-13-23(34)33(20-8-6-5-7-9-20)27(21)38-26(24)31-19-15-32(16-19)28(36)37-29(2,3)4/h5-14,19,31H,15-16H2,1-4H3. The number of fused-ring (bicyclic) bond motifs is 1. The molecule has 0 spiro atoms. The highest BCUT2D eigenvalue weighted by Crippen LogP contribution is 2.38. The van der Waals surface area contributed by atoms with Crippen LogP contribution in [-0.2, 0) is 4.74 Å². The summed E-state index contributed by atoms with van der Waals surface area (Å²) in [6.45, 7) is 7.90. The number of pyridine rings is 1. The molecule has 3 heterocycles. The summed E-state index contributed by atoms with van der Waals surface area (Å²) in [6, 6.07) is 16.5. The van der Waals surface area contributed by atoms with E-state index in [4.69, 9.17) is 4.74 Å².